The molecule has 0 saturated carbocycles. The first-order chi connectivity index (χ1) is 35.3. The number of aromatic nitrogens is 2. The highest BCUT2D eigenvalue weighted by Gasteiger charge is 2.42. The molecular formula is C67H58N4O2. The third-order valence-corrected chi connectivity index (χ3v) is 14.7. The van der Waals surface area contributed by atoms with Gasteiger partial charge in [0.25, 0.3) is 0 Å². The van der Waals surface area contributed by atoms with Crippen molar-refractivity contribution in [3.8, 4) is 44.5 Å². The SMILES string of the molecule is Cc1cc(-c2ccc(-c3c(C)cccc3C)cc2)c(N2/C(=C/C=C3C(=O)c4ccccc4C3=O)N(c3c(C(C)C)cccc3C(C)C)c3nc4ccccc4nc32)c(-c2ccc(-c3c(C)cccc3C)cc2)c1. The van der Waals surface area contributed by atoms with E-state index >= 15 is 0 Å². The second-order valence-electron chi connectivity index (χ2n) is 20.3. The first-order valence-corrected chi connectivity index (χ1v) is 25.4. The molecule has 0 N–H and O–H groups in total. The highest BCUT2D eigenvalue weighted by molar-refractivity contribution is 6.39. The van der Waals surface area contributed by atoms with Gasteiger partial charge in [-0.05, 0) is 155 Å². The Bertz CT molecular complexity index is 3560. The van der Waals surface area contributed by atoms with Gasteiger partial charge in [-0.3, -0.25) is 19.4 Å². The normalized spacial score (nSPS) is 13.8. The number of Topliss-reactive ketones (excluding diaryl/α,β-unsaturated/α-hetero) is 2. The van der Waals surface area contributed by atoms with Crippen molar-refractivity contribution in [1.82, 2.24) is 9.97 Å². The number of carbonyl (C=O) groups is 2. The smallest absolute Gasteiger partial charge is 0.197 e. The molecule has 0 bridgehead atoms. The zero-order valence-corrected chi connectivity index (χ0v) is 43.0. The van der Waals surface area contributed by atoms with E-state index in [1.165, 1.54) is 33.4 Å². The van der Waals surface area contributed by atoms with Gasteiger partial charge in [-0.2, -0.15) is 0 Å². The lowest BCUT2D eigenvalue weighted by molar-refractivity contribution is 0.0988. The van der Waals surface area contributed by atoms with Gasteiger partial charge in [0.1, 0.15) is 5.82 Å². The van der Waals surface area contributed by atoms with Crippen LogP contribution >= 0.6 is 0 Å². The Hall–Kier alpha value is -8.48. The van der Waals surface area contributed by atoms with E-state index < -0.39 is 0 Å². The third kappa shape index (κ3) is 8.08. The van der Waals surface area contributed by atoms with Gasteiger partial charge in [0.2, 0.25) is 0 Å². The second kappa shape index (κ2) is 18.6. The number of hydrogen-bond donors (Lipinski definition) is 0. The average molecular weight is 951 g/mol. The first kappa shape index (κ1) is 46.9. The van der Waals surface area contributed by atoms with Crippen LogP contribution in [0.5, 0.6) is 0 Å². The van der Waals surface area contributed by atoms with Crippen LogP contribution in [0, 0.1) is 34.6 Å². The molecule has 0 atom stereocenters. The molecule has 0 fully saturated rings. The van der Waals surface area contributed by atoms with Gasteiger partial charge >= 0.3 is 0 Å². The van der Waals surface area contributed by atoms with Crippen LogP contribution in [0.25, 0.3) is 55.5 Å². The van der Waals surface area contributed by atoms with E-state index in [2.05, 4.69) is 187 Å². The van der Waals surface area contributed by atoms with Crippen LogP contribution in [-0.2, 0) is 0 Å². The maximum absolute atomic E-state index is 14.3. The highest BCUT2D eigenvalue weighted by atomic mass is 16.2. The van der Waals surface area contributed by atoms with E-state index in [0.717, 1.165) is 72.5 Å². The van der Waals surface area contributed by atoms with Crippen molar-refractivity contribution >= 4 is 45.6 Å². The summed E-state index contributed by atoms with van der Waals surface area (Å²) in [5.41, 5.74) is 21.4. The summed E-state index contributed by atoms with van der Waals surface area (Å²) in [5, 5.41) is 0. The van der Waals surface area contributed by atoms with E-state index in [9.17, 15) is 9.59 Å². The predicted octanol–water partition coefficient (Wildman–Crippen LogP) is 17.2. The Morgan fingerprint density at radius 3 is 1.22 bits per heavy atom. The summed E-state index contributed by atoms with van der Waals surface area (Å²) in [6, 6.07) is 57.0. The standard InChI is InChI=1S/C67H58N4O2/c1-39(2)50-23-16-24-51(40(3)4)62(50)70-59(36-35-54-64(72)52-21-10-11-22-53(52)65(54)73)71(67-66(70)68-57-25-12-13-26-58(57)69-67)63-55(46-27-31-48(32-28-46)60-42(6)17-14-18-43(60)7)37-41(5)38-56(63)47-29-33-49(34-30-47)61-44(8)19-15-20-45(61)9/h10-40H,1-9H3/b59-36+. The van der Waals surface area contributed by atoms with Crippen molar-refractivity contribution < 1.29 is 9.59 Å². The van der Waals surface area contributed by atoms with Crippen LogP contribution < -0.4 is 9.80 Å². The Kier molecular flexibility index (Phi) is 11.9. The maximum Gasteiger partial charge on any atom is 0.197 e. The summed E-state index contributed by atoms with van der Waals surface area (Å²) in [5.74, 6) is 1.65. The van der Waals surface area contributed by atoms with Crippen molar-refractivity contribution in [2.24, 2.45) is 0 Å². The van der Waals surface area contributed by atoms with Gasteiger partial charge in [-0.25, -0.2) is 9.97 Å². The zero-order valence-electron chi connectivity index (χ0n) is 43.0. The number of nitrogens with zero attached hydrogens (tertiary/aromatic N) is 4. The number of fused-ring (bicyclic) bond motifs is 3. The Morgan fingerprint density at radius 2 is 0.795 bits per heavy atom. The van der Waals surface area contributed by atoms with Gasteiger partial charge in [0.15, 0.2) is 23.2 Å². The third-order valence-electron chi connectivity index (χ3n) is 14.7. The topological polar surface area (TPSA) is 66.4 Å². The molecule has 11 rings (SSSR count). The summed E-state index contributed by atoms with van der Waals surface area (Å²) in [7, 11) is 0. The molecule has 1 aromatic heterocycles. The summed E-state index contributed by atoms with van der Waals surface area (Å²) >= 11 is 0. The molecule has 2 heterocycles. The quantitative estimate of drug-likeness (QED) is 0.106. The molecule has 0 spiro atoms. The zero-order chi connectivity index (χ0) is 50.8. The highest BCUT2D eigenvalue weighted by Crippen LogP contribution is 2.56. The van der Waals surface area contributed by atoms with Gasteiger partial charge in [-0.15, -0.1) is 0 Å². The minimum absolute atomic E-state index is 0.116. The molecule has 0 amide bonds. The monoisotopic (exact) mass is 950 g/mol. The molecular weight excluding hydrogens is 893 g/mol. The number of hydrogen-bond acceptors (Lipinski definition) is 6. The summed E-state index contributed by atoms with van der Waals surface area (Å²) in [6.45, 7) is 19.7. The fourth-order valence-corrected chi connectivity index (χ4v) is 11.2. The molecule has 2 aliphatic rings. The molecule has 73 heavy (non-hydrogen) atoms. The molecule has 8 aromatic carbocycles. The number of ketones is 2. The van der Waals surface area contributed by atoms with E-state index in [1.54, 1.807) is 18.2 Å². The van der Waals surface area contributed by atoms with Crippen molar-refractivity contribution in [2.75, 3.05) is 9.80 Å². The first-order valence-electron chi connectivity index (χ1n) is 25.4. The van der Waals surface area contributed by atoms with Crippen molar-refractivity contribution in [3.05, 3.63) is 237 Å². The van der Waals surface area contributed by atoms with E-state index in [-0.39, 0.29) is 29.0 Å². The molecule has 9 aromatic rings. The Morgan fingerprint density at radius 1 is 0.411 bits per heavy atom. The van der Waals surface area contributed by atoms with Crippen molar-refractivity contribution in [2.45, 2.75) is 74.1 Å². The number of allylic oxidation sites excluding steroid dienone is 3. The van der Waals surface area contributed by atoms with Gasteiger partial charge in [-0.1, -0.05) is 167 Å². The largest absolute Gasteiger partial charge is 0.288 e. The van der Waals surface area contributed by atoms with E-state index in [4.69, 9.17) is 9.97 Å². The fraction of sp³-hybridized carbons (Fsp3) is 0.164. The fourth-order valence-electron chi connectivity index (χ4n) is 11.2. The molecule has 0 saturated heterocycles. The lowest BCUT2D eigenvalue weighted by Gasteiger charge is -2.32. The minimum atomic E-state index is -0.289. The lowest BCUT2D eigenvalue weighted by atomic mass is 9.89. The Labute approximate surface area is 429 Å². The Balaban J connectivity index is 1.25. The van der Waals surface area contributed by atoms with Crippen molar-refractivity contribution in [1.29, 1.82) is 0 Å². The van der Waals surface area contributed by atoms with Gasteiger partial charge in [0.05, 0.1) is 28.0 Å². The molecule has 1 aliphatic heterocycles. The van der Waals surface area contributed by atoms with Crippen LogP contribution in [0.4, 0.5) is 23.0 Å². The van der Waals surface area contributed by atoms with Gasteiger partial charge in [0, 0.05) is 22.3 Å². The van der Waals surface area contributed by atoms with Gasteiger partial charge < -0.3 is 0 Å². The average Bonchev–Trinajstić information content (AvgIpc) is 3.82. The number of benzene rings is 8. The molecule has 6 heteroatoms. The number of rotatable bonds is 9. The molecule has 358 valence electrons. The van der Waals surface area contributed by atoms with Crippen molar-refractivity contribution in [3.63, 3.8) is 0 Å². The summed E-state index contributed by atoms with van der Waals surface area (Å²) < 4.78 is 0. The number of anilines is 4. The lowest BCUT2D eigenvalue weighted by Crippen LogP contribution is -2.25. The van der Waals surface area contributed by atoms with Crippen LogP contribution in [-0.4, -0.2) is 21.5 Å². The van der Waals surface area contributed by atoms with Crippen LogP contribution in [0.2, 0.25) is 0 Å². The van der Waals surface area contributed by atoms with E-state index in [0.29, 0.717) is 28.6 Å². The minimum Gasteiger partial charge on any atom is -0.288 e. The molecule has 0 unspecified atom stereocenters. The number of para-hydroxylation sites is 3. The maximum atomic E-state index is 14.3. The predicted molar refractivity (Wildman–Crippen MR) is 302 cm³/mol. The van der Waals surface area contributed by atoms with E-state index in [1.807, 2.05) is 42.5 Å². The second-order valence-corrected chi connectivity index (χ2v) is 20.3. The van der Waals surface area contributed by atoms with Crippen LogP contribution in [0.1, 0.15) is 99.2 Å². The summed E-state index contributed by atoms with van der Waals surface area (Å²) in [4.78, 5) is 44.2. The number of carbonyl (C=O) groups excluding carboxylic acids is 2. The molecule has 0 radical (unpaired) electrons. The van der Waals surface area contributed by atoms with Crippen LogP contribution in [0.15, 0.2) is 187 Å². The van der Waals surface area contributed by atoms with Crippen LogP contribution in [0.3, 0.4) is 0 Å². The molecule has 6 nitrogen and oxygen atoms in total. The molecule has 1 aliphatic carbocycles. The summed E-state index contributed by atoms with van der Waals surface area (Å²) in [6.07, 6.45) is 3.68. The number of aryl methyl sites for hydroxylation is 5.